The molecule has 1 unspecified atom stereocenters. The van der Waals surface area contributed by atoms with Gasteiger partial charge in [0.25, 0.3) is 0 Å². The molecule has 1 atom stereocenters. The largest absolute Gasteiger partial charge is 0.468 e. The highest BCUT2D eigenvalue weighted by molar-refractivity contribution is 5.78. The van der Waals surface area contributed by atoms with Crippen molar-refractivity contribution in [2.75, 3.05) is 20.2 Å². The summed E-state index contributed by atoms with van der Waals surface area (Å²) in [5, 5.41) is 0. The molecular weight excluding hydrogens is 226 g/mol. The van der Waals surface area contributed by atoms with Gasteiger partial charge in [0, 0.05) is 0 Å². The number of esters is 1. The Hall–Kier alpha value is -1.56. The van der Waals surface area contributed by atoms with E-state index in [1.165, 1.54) is 20.1 Å². The number of carbonyl (C=O) groups excluding carboxylic acids is 3. The van der Waals surface area contributed by atoms with E-state index in [1.807, 2.05) is 0 Å². The van der Waals surface area contributed by atoms with Crippen molar-refractivity contribution in [2.45, 2.75) is 25.8 Å². The Labute approximate surface area is 100 Å². The van der Waals surface area contributed by atoms with Crippen LogP contribution >= 0.6 is 0 Å². The minimum atomic E-state index is -0.506. The van der Waals surface area contributed by atoms with Gasteiger partial charge >= 0.3 is 5.97 Å². The van der Waals surface area contributed by atoms with Crippen LogP contribution in [0.5, 0.6) is 0 Å². The molecule has 0 aliphatic rings. The fraction of sp³-hybridized carbons (Fsp3) is 0.700. The van der Waals surface area contributed by atoms with Crippen molar-refractivity contribution in [3.63, 3.8) is 0 Å². The SMILES string of the molecule is CC(=O)CN=C=O.COC(=O)C(N)CCCN. The molecule has 0 fully saturated rings. The molecule has 0 saturated heterocycles. The van der Waals surface area contributed by atoms with Gasteiger partial charge in [0.2, 0.25) is 6.08 Å². The topological polar surface area (TPSA) is 125 Å². The Bertz CT molecular complexity index is 275. The Morgan fingerprint density at radius 2 is 2.06 bits per heavy atom. The number of methoxy groups -OCH3 is 1. The van der Waals surface area contributed by atoms with Gasteiger partial charge < -0.3 is 16.2 Å². The van der Waals surface area contributed by atoms with Gasteiger partial charge in [0.05, 0.1) is 7.11 Å². The number of Topliss-reactive ketones (excluding diaryl/α,β-unsaturated/α-hetero) is 1. The molecule has 0 radical (unpaired) electrons. The van der Waals surface area contributed by atoms with Gasteiger partial charge in [-0.1, -0.05) is 0 Å². The smallest absolute Gasteiger partial charge is 0.322 e. The zero-order chi connectivity index (χ0) is 13.7. The average molecular weight is 245 g/mol. The second-order valence-electron chi connectivity index (χ2n) is 3.17. The van der Waals surface area contributed by atoms with Gasteiger partial charge in [-0.3, -0.25) is 9.59 Å². The maximum Gasteiger partial charge on any atom is 0.322 e. The molecule has 0 saturated carbocycles. The summed E-state index contributed by atoms with van der Waals surface area (Å²) in [7, 11) is 1.32. The molecule has 98 valence electrons. The van der Waals surface area contributed by atoms with E-state index in [0.29, 0.717) is 13.0 Å². The molecular formula is C10H19N3O4. The number of ether oxygens (including phenoxy) is 1. The van der Waals surface area contributed by atoms with Crippen molar-refractivity contribution in [2.24, 2.45) is 16.5 Å². The zero-order valence-electron chi connectivity index (χ0n) is 10.1. The van der Waals surface area contributed by atoms with Crippen molar-refractivity contribution in [1.82, 2.24) is 0 Å². The van der Waals surface area contributed by atoms with Crippen LogP contribution in [-0.4, -0.2) is 44.1 Å². The number of nitrogens with zero attached hydrogens (tertiary/aromatic N) is 1. The number of ketones is 1. The minimum Gasteiger partial charge on any atom is -0.468 e. The average Bonchev–Trinajstić information content (AvgIpc) is 2.32. The summed E-state index contributed by atoms with van der Waals surface area (Å²) < 4.78 is 4.40. The van der Waals surface area contributed by atoms with Crippen molar-refractivity contribution in [3.05, 3.63) is 0 Å². The van der Waals surface area contributed by atoms with E-state index in [2.05, 4.69) is 9.73 Å². The van der Waals surface area contributed by atoms with Crippen molar-refractivity contribution in [3.8, 4) is 0 Å². The van der Waals surface area contributed by atoms with E-state index in [9.17, 15) is 14.4 Å². The fourth-order valence-electron chi connectivity index (χ4n) is 0.751. The van der Waals surface area contributed by atoms with Gasteiger partial charge in [-0.25, -0.2) is 4.79 Å². The van der Waals surface area contributed by atoms with Crippen LogP contribution in [0.1, 0.15) is 19.8 Å². The monoisotopic (exact) mass is 245 g/mol. The second-order valence-corrected chi connectivity index (χ2v) is 3.17. The Kier molecular flexibility index (Phi) is 13.1. The molecule has 0 rings (SSSR count). The first-order valence-corrected chi connectivity index (χ1v) is 5.06. The summed E-state index contributed by atoms with van der Waals surface area (Å²) in [6.45, 7) is 1.88. The second kappa shape index (κ2) is 12.5. The molecule has 0 aliphatic carbocycles. The number of isocyanates is 1. The highest BCUT2D eigenvalue weighted by Gasteiger charge is 2.11. The van der Waals surface area contributed by atoms with E-state index in [1.54, 1.807) is 0 Å². The van der Waals surface area contributed by atoms with E-state index in [0.717, 1.165) is 6.42 Å². The molecule has 0 aliphatic heterocycles. The molecule has 0 bridgehead atoms. The number of rotatable bonds is 6. The van der Waals surface area contributed by atoms with Gasteiger partial charge in [-0.05, 0) is 26.3 Å². The first-order chi connectivity index (χ1) is 7.99. The number of hydrogen-bond donors (Lipinski definition) is 2. The first kappa shape index (κ1) is 17.8. The standard InChI is InChI=1S/C6H14N2O2.C4H5NO2/c1-10-6(9)5(8)3-2-4-7;1-4(7)2-5-3-6/h5H,2-4,7-8H2,1H3;2H2,1H3. The van der Waals surface area contributed by atoms with Gasteiger partial charge in [-0.15, -0.1) is 0 Å². The molecule has 0 amide bonds. The van der Waals surface area contributed by atoms with Crippen molar-refractivity contribution >= 4 is 17.8 Å². The molecule has 0 aromatic rings. The van der Waals surface area contributed by atoms with E-state index in [4.69, 9.17) is 11.5 Å². The lowest BCUT2D eigenvalue weighted by atomic mass is 10.2. The minimum absolute atomic E-state index is 0.0382. The number of nitrogens with two attached hydrogens (primary N) is 2. The van der Waals surface area contributed by atoms with Gasteiger partial charge in [-0.2, -0.15) is 4.99 Å². The lowest BCUT2D eigenvalue weighted by Crippen LogP contribution is -2.31. The fourth-order valence-corrected chi connectivity index (χ4v) is 0.751. The summed E-state index contributed by atoms with van der Waals surface area (Å²) in [5.74, 6) is -0.489. The van der Waals surface area contributed by atoms with Crippen LogP contribution in [0.3, 0.4) is 0 Å². The molecule has 0 heterocycles. The summed E-state index contributed by atoms with van der Waals surface area (Å²) in [6.07, 6.45) is 2.61. The predicted molar refractivity (Wildman–Crippen MR) is 61.9 cm³/mol. The summed E-state index contributed by atoms with van der Waals surface area (Å²) in [4.78, 5) is 32.8. The zero-order valence-corrected chi connectivity index (χ0v) is 10.1. The summed E-state index contributed by atoms with van der Waals surface area (Å²) >= 11 is 0. The van der Waals surface area contributed by atoms with Gasteiger partial charge in [0.15, 0.2) is 5.78 Å². The molecule has 7 heteroatoms. The van der Waals surface area contributed by atoms with Crippen LogP contribution in [0.25, 0.3) is 0 Å². The molecule has 7 nitrogen and oxygen atoms in total. The maximum atomic E-state index is 10.6. The lowest BCUT2D eigenvalue weighted by Gasteiger charge is -2.06. The summed E-state index contributed by atoms with van der Waals surface area (Å²) in [5.41, 5.74) is 10.6. The molecule has 0 aromatic carbocycles. The number of carbonyl (C=O) groups is 2. The van der Waals surface area contributed by atoms with Crippen LogP contribution in [0.15, 0.2) is 4.99 Å². The Morgan fingerprint density at radius 3 is 2.35 bits per heavy atom. The maximum absolute atomic E-state index is 10.6. The van der Waals surface area contributed by atoms with Gasteiger partial charge in [0.1, 0.15) is 12.6 Å². The van der Waals surface area contributed by atoms with Crippen LogP contribution < -0.4 is 11.5 Å². The van der Waals surface area contributed by atoms with Crippen LogP contribution in [-0.2, 0) is 19.1 Å². The molecule has 0 spiro atoms. The number of hydrogen-bond acceptors (Lipinski definition) is 7. The number of aliphatic imine (C=N–C) groups is 1. The lowest BCUT2D eigenvalue weighted by molar-refractivity contribution is -0.142. The molecule has 0 aromatic heterocycles. The van der Waals surface area contributed by atoms with E-state index in [-0.39, 0.29) is 18.3 Å². The third-order valence-corrected chi connectivity index (χ3v) is 1.59. The Balaban J connectivity index is 0. The van der Waals surface area contributed by atoms with E-state index < -0.39 is 6.04 Å². The first-order valence-electron chi connectivity index (χ1n) is 5.06. The Morgan fingerprint density at radius 1 is 1.47 bits per heavy atom. The highest BCUT2D eigenvalue weighted by atomic mass is 16.5. The van der Waals surface area contributed by atoms with Crippen molar-refractivity contribution in [1.29, 1.82) is 0 Å². The highest BCUT2D eigenvalue weighted by Crippen LogP contribution is 1.93. The van der Waals surface area contributed by atoms with Crippen molar-refractivity contribution < 1.29 is 19.1 Å². The molecule has 4 N–H and O–H groups in total. The van der Waals surface area contributed by atoms with Crippen LogP contribution in [0.2, 0.25) is 0 Å². The predicted octanol–water partition coefficient (Wildman–Crippen LogP) is -0.863. The van der Waals surface area contributed by atoms with Crippen LogP contribution in [0, 0.1) is 0 Å². The normalized spacial score (nSPS) is 10.4. The summed E-state index contributed by atoms with van der Waals surface area (Å²) in [6, 6.07) is -0.506. The quantitative estimate of drug-likeness (QED) is 0.356. The van der Waals surface area contributed by atoms with E-state index >= 15 is 0 Å². The third kappa shape index (κ3) is 14.4. The molecule has 17 heavy (non-hydrogen) atoms. The van der Waals surface area contributed by atoms with Crippen LogP contribution in [0.4, 0.5) is 0 Å². The third-order valence-electron chi connectivity index (χ3n) is 1.59.